The Morgan fingerprint density at radius 2 is 1.89 bits per heavy atom. The second-order valence-corrected chi connectivity index (χ2v) is 6.89. The van der Waals surface area contributed by atoms with Gasteiger partial charge in [0.15, 0.2) is 0 Å². The summed E-state index contributed by atoms with van der Waals surface area (Å²) in [5.41, 5.74) is 0.429. The van der Waals surface area contributed by atoms with Crippen LogP contribution in [0.3, 0.4) is 0 Å². The Labute approximate surface area is 119 Å². The lowest BCUT2D eigenvalue weighted by Crippen LogP contribution is -2.50. The summed E-state index contributed by atoms with van der Waals surface area (Å²) in [6, 6.07) is 0.797. The number of hydrogen-bond acceptors (Lipinski definition) is 3. The van der Waals surface area contributed by atoms with Gasteiger partial charge in [-0.1, -0.05) is 19.8 Å². The Morgan fingerprint density at radius 1 is 1.21 bits per heavy atom. The summed E-state index contributed by atoms with van der Waals surface area (Å²) in [6.07, 6.45) is 8.07. The van der Waals surface area contributed by atoms with Gasteiger partial charge in [-0.2, -0.15) is 0 Å². The van der Waals surface area contributed by atoms with Crippen molar-refractivity contribution >= 4 is 0 Å². The van der Waals surface area contributed by atoms with Crippen molar-refractivity contribution in [2.45, 2.75) is 51.5 Å². The summed E-state index contributed by atoms with van der Waals surface area (Å²) in [5.74, 6) is 0.866. The van der Waals surface area contributed by atoms with Gasteiger partial charge in [0.05, 0.1) is 0 Å². The van der Waals surface area contributed by atoms with E-state index >= 15 is 0 Å². The molecule has 2 fully saturated rings. The lowest BCUT2D eigenvalue weighted by atomic mass is 9.78. The molecule has 3 nitrogen and oxygen atoms in total. The number of ether oxygens (including phenoxy) is 1. The monoisotopic (exact) mass is 268 g/mol. The van der Waals surface area contributed by atoms with Crippen molar-refractivity contribution in [2.75, 3.05) is 40.4 Å². The van der Waals surface area contributed by atoms with E-state index in [4.69, 9.17) is 4.74 Å². The molecular weight excluding hydrogens is 236 g/mol. The summed E-state index contributed by atoms with van der Waals surface area (Å²) >= 11 is 0. The van der Waals surface area contributed by atoms with Gasteiger partial charge in [-0.3, -0.25) is 0 Å². The van der Waals surface area contributed by atoms with Gasteiger partial charge in [-0.05, 0) is 51.1 Å². The Hall–Kier alpha value is -0.120. The predicted molar refractivity (Wildman–Crippen MR) is 80.5 cm³/mol. The topological polar surface area (TPSA) is 24.5 Å². The van der Waals surface area contributed by atoms with Gasteiger partial charge in [-0.15, -0.1) is 0 Å². The van der Waals surface area contributed by atoms with Crippen LogP contribution in [-0.2, 0) is 4.74 Å². The van der Waals surface area contributed by atoms with Gasteiger partial charge < -0.3 is 15.0 Å². The van der Waals surface area contributed by atoms with Crippen LogP contribution in [0, 0.1) is 11.3 Å². The highest BCUT2D eigenvalue weighted by molar-refractivity contribution is 4.89. The number of rotatable bonds is 5. The number of hydrogen-bond donors (Lipinski definition) is 1. The van der Waals surface area contributed by atoms with Crippen molar-refractivity contribution in [3.8, 4) is 0 Å². The SMILES string of the molecule is CNCC1(CN(C)C2CCCCC2C)CCOCC1. The molecule has 0 aromatic heterocycles. The molecule has 1 saturated carbocycles. The van der Waals surface area contributed by atoms with E-state index in [2.05, 4.69) is 31.2 Å². The van der Waals surface area contributed by atoms with Crippen LogP contribution < -0.4 is 5.32 Å². The minimum absolute atomic E-state index is 0.429. The van der Waals surface area contributed by atoms with E-state index in [1.807, 2.05) is 0 Å². The van der Waals surface area contributed by atoms with Gasteiger partial charge in [-0.25, -0.2) is 0 Å². The molecule has 3 heteroatoms. The molecule has 0 spiro atoms. The molecule has 1 saturated heterocycles. The summed E-state index contributed by atoms with van der Waals surface area (Å²) in [5, 5.41) is 3.42. The van der Waals surface area contributed by atoms with E-state index in [0.29, 0.717) is 5.41 Å². The van der Waals surface area contributed by atoms with E-state index in [0.717, 1.165) is 31.7 Å². The Kier molecular flexibility index (Phi) is 5.67. The Bertz CT molecular complexity index is 258. The maximum atomic E-state index is 5.57. The zero-order chi connectivity index (χ0) is 13.7. The Morgan fingerprint density at radius 3 is 2.53 bits per heavy atom. The first kappa shape index (κ1) is 15.3. The van der Waals surface area contributed by atoms with E-state index in [9.17, 15) is 0 Å². The van der Waals surface area contributed by atoms with Gasteiger partial charge in [0.1, 0.15) is 0 Å². The molecule has 1 heterocycles. The maximum Gasteiger partial charge on any atom is 0.0472 e. The summed E-state index contributed by atoms with van der Waals surface area (Å²) in [4.78, 5) is 2.66. The largest absolute Gasteiger partial charge is 0.381 e. The quantitative estimate of drug-likeness (QED) is 0.829. The smallest absolute Gasteiger partial charge is 0.0472 e. The second kappa shape index (κ2) is 7.05. The normalized spacial score (nSPS) is 31.6. The van der Waals surface area contributed by atoms with Crippen LogP contribution in [-0.4, -0.2) is 51.3 Å². The summed E-state index contributed by atoms with van der Waals surface area (Å²) < 4.78 is 5.57. The van der Waals surface area contributed by atoms with Crippen molar-refractivity contribution < 1.29 is 4.74 Å². The summed E-state index contributed by atoms with van der Waals surface area (Å²) in [6.45, 7) is 6.68. The molecule has 1 aliphatic heterocycles. The average Bonchev–Trinajstić information content (AvgIpc) is 2.40. The lowest BCUT2D eigenvalue weighted by molar-refractivity contribution is -0.0132. The minimum atomic E-state index is 0.429. The van der Waals surface area contributed by atoms with Crippen molar-refractivity contribution in [1.82, 2.24) is 10.2 Å². The molecular formula is C16H32N2O. The van der Waals surface area contributed by atoms with Crippen LogP contribution in [0.5, 0.6) is 0 Å². The first-order valence-electron chi connectivity index (χ1n) is 8.09. The fourth-order valence-electron chi connectivity index (χ4n) is 4.17. The molecule has 1 N–H and O–H groups in total. The highest BCUT2D eigenvalue weighted by Crippen LogP contribution is 2.34. The van der Waals surface area contributed by atoms with Gasteiger partial charge in [0.25, 0.3) is 0 Å². The molecule has 0 bridgehead atoms. The molecule has 0 amide bonds. The predicted octanol–water partition coefficient (Wildman–Crippen LogP) is 2.51. The molecule has 19 heavy (non-hydrogen) atoms. The third kappa shape index (κ3) is 3.93. The van der Waals surface area contributed by atoms with Crippen molar-refractivity contribution in [3.05, 3.63) is 0 Å². The minimum Gasteiger partial charge on any atom is -0.381 e. The average molecular weight is 268 g/mol. The highest BCUT2D eigenvalue weighted by atomic mass is 16.5. The third-order valence-electron chi connectivity index (χ3n) is 5.32. The fraction of sp³-hybridized carbons (Fsp3) is 1.00. The molecule has 2 atom stereocenters. The van der Waals surface area contributed by atoms with E-state index in [1.165, 1.54) is 45.1 Å². The van der Waals surface area contributed by atoms with Crippen molar-refractivity contribution in [3.63, 3.8) is 0 Å². The van der Waals surface area contributed by atoms with Crippen molar-refractivity contribution in [1.29, 1.82) is 0 Å². The van der Waals surface area contributed by atoms with Crippen LogP contribution in [0.25, 0.3) is 0 Å². The van der Waals surface area contributed by atoms with Crippen molar-refractivity contribution in [2.24, 2.45) is 11.3 Å². The Balaban J connectivity index is 1.95. The maximum absolute atomic E-state index is 5.57. The molecule has 0 radical (unpaired) electrons. The standard InChI is InChI=1S/C16H32N2O/c1-14-6-4-5-7-15(14)18(3)13-16(12-17-2)8-10-19-11-9-16/h14-15,17H,4-13H2,1-3H3. The van der Waals surface area contributed by atoms with Gasteiger partial charge in [0, 0.05) is 32.3 Å². The fourth-order valence-corrected chi connectivity index (χ4v) is 4.17. The first-order chi connectivity index (χ1) is 9.17. The number of nitrogens with zero attached hydrogens (tertiary/aromatic N) is 1. The molecule has 0 aromatic carbocycles. The first-order valence-corrected chi connectivity index (χ1v) is 8.09. The number of nitrogens with one attached hydrogen (secondary N) is 1. The van der Waals surface area contributed by atoms with E-state index in [1.54, 1.807) is 0 Å². The van der Waals surface area contributed by atoms with Crippen LogP contribution in [0.2, 0.25) is 0 Å². The molecule has 0 aromatic rings. The van der Waals surface area contributed by atoms with E-state index in [-0.39, 0.29) is 0 Å². The van der Waals surface area contributed by atoms with Gasteiger partial charge >= 0.3 is 0 Å². The molecule has 2 rings (SSSR count). The van der Waals surface area contributed by atoms with Gasteiger partial charge in [0.2, 0.25) is 0 Å². The zero-order valence-corrected chi connectivity index (χ0v) is 13.1. The van der Waals surface area contributed by atoms with E-state index < -0.39 is 0 Å². The van der Waals surface area contributed by atoms with Crippen LogP contribution in [0.1, 0.15) is 45.4 Å². The molecule has 2 unspecified atom stereocenters. The zero-order valence-electron chi connectivity index (χ0n) is 13.1. The van der Waals surface area contributed by atoms with Crippen LogP contribution >= 0.6 is 0 Å². The lowest BCUT2D eigenvalue weighted by Gasteiger charge is -2.44. The summed E-state index contributed by atoms with van der Waals surface area (Å²) in [7, 11) is 4.43. The molecule has 1 aliphatic carbocycles. The molecule has 2 aliphatic rings. The second-order valence-electron chi connectivity index (χ2n) is 6.89. The van der Waals surface area contributed by atoms with Crippen LogP contribution in [0.4, 0.5) is 0 Å². The highest BCUT2D eigenvalue weighted by Gasteiger charge is 2.36. The third-order valence-corrected chi connectivity index (χ3v) is 5.32. The van der Waals surface area contributed by atoms with Crippen LogP contribution in [0.15, 0.2) is 0 Å². The molecule has 112 valence electrons.